The molecule has 5 heteroatoms. The number of aryl methyl sites for hydroxylation is 2. The monoisotopic (exact) mass is 324 g/mol. The van der Waals surface area contributed by atoms with E-state index in [1.165, 1.54) is 0 Å². The van der Waals surface area contributed by atoms with Gasteiger partial charge in [-0.05, 0) is 37.6 Å². The summed E-state index contributed by atoms with van der Waals surface area (Å²) in [5.74, 6) is -0.0562. The van der Waals surface area contributed by atoms with Gasteiger partial charge in [-0.3, -0.25) is 4.79 Å². The van der Waals surface area contributed by atoms with Crippen LogP contribution in [0.1, 0.15) is 24.6 Å². The highest BCUT2D eigenvalue weighted by molar-refractivity contribution is 5.74. The van der Waals surface area contributed by atoms with Crippen molar-refractivity contribution in [2.45, 2.75) is 26.7 Å². The van der Waals surface area contributed by atoms with Gasteiger partial charge >= 0.3 is 5.97 Å². The second-order valence-electron chi connectivity index (χ2n) is 5.61. The Morgan fingerprint density at radius 3 is 2.79 bits per heavy atom. The number of aliphatic carboxylic acids is 1. The fourth-order valence-corrected chi connectivity index (χ4v) is 2.88. The SMILES string of the molecule is CCOc1ccccc1-c1nc2c(C)cccn2c1CCC(=O)O. The Morgan fingerprint density at radius 2 is 2.04 bits per heavy atom. The first-order valence-corrected chi connectivity index (χ1v) is 8.02. The molecule has 3 aromatic rings. The number of aromatic nitrogens is 2. The molecule has 0 fully saturated rings. The van der Waals surface area contributed by atoms with Crippen LogP contribution in [0.4, 0.5) is 0 Å². The first-order chi connectivity index (χ1) is 11.6. The lowest BCUT2D eigenvalue weighted by Gasteiger charge is -2.10. The van der Waals surface area contributed by atoms with Gasteiger partial charge < -0.3 is 14.2 Å². The summed E-state index contributed by atoms with van der Waals surface area (Å²) in [5.41, 5.74) is 4.47. The number of carbonyl (C=O) groups is 1. The average Bonchev–Trinajstić information content (AvgIpc) is 2.93. The molecule has 3 rings (SSSR count). The third kappa shape index (κ3) is 2.97. The summed E-state index contributed by atoms with van der Waals surface area (Å²) in [4.78, 5) is 15.9. The van der Waals surface area contributed by atoms with Gasteiger partial charge in [0.15, 0.2) is 0 Å². The summed E-state index contributed by atoms with van der Waals surface area (Å²) in [5, 5.41) is 9.08. The number of carboxylic acid groups (broad SMARTS) is 1. The second kappa shape index (κ2) is 6.74. The number of fused-ring (bicyclic) bond motifs is 1. The molecule has 2 aromatic heterocycles. The number of imidazole rings is 1. The van der Waals surface area contributed by atoms with Crippen LogP contribution < -0.4 is 4.74 Å². The Morgan fingerprint density at radius 1 is 1.25 bits per heavy atom. The normalized spacial score (nSPS) is 10.9. The predicted octanol–water partition coefficient (Wildman–Crippen LogP) is 3.73. The fraction of sp³-hybridized carbons (Fsp3) is 0.263. The molecule has 124 valence electrons. The molecule has 0 saturated heterocycles. The van der Waals surface area contributed by atoms with E-state index >= 15 is 0 Å². The molecule has 5 nitrogen and oxygen atoms in total. The summed E-state index contributed by atoms with van der Waals surface area (Å²) >= 11 is 0. The molecule has 0 atom stereocenters. The van der Waals surface area contributed by atoms with Crippen molar-refractivity contribution in [3.05, 3.63) is 53.9 Å². The first kappa shape index (κ1) is 16.1. The summed E-state index contributed by atoms with van der Waals surface area (Å²) < 4.78 is 7.72. The van der Waals surface area contributed by atoms with Crippen LogP contribution in [0.2, 0.25) is 0 Å². The van der Waals surface area contributed by atoms with Crippen LogP contribution in [0.15, 0.2) is 42.6 Å². The lowest BCUT2D eigenvalue weighted by molar-refractivity contribution is -0.136. The molecule has 0 aliphatic carbocycles. The van der Waals surface area contributed by atoms with Gasteiger partial charge in [0.2, 0.25) is 0 Å². The molecule has 0 unspecified atom stereocenters. The van der Waals surface area contributed by atoms with Crippen molar-refractivity contribution in [2.24, 2.45) is 0 Å². The molecule has 0 aliphatic rings. The van der Waals surface area contributed by atoms with Gasteiger partial charge in [-0.1, -0.05) is 18.2 Å². The largest absolute Gasteiger partial charge is 0.493 e. The highest BCUT2D eigenvalue weighted by atomic mass is 16.5. The maximum Gasteiger partial charge on any atom is 0.303 e. The number of nitrogens with zero attached hydrogens (tertiary/aromatic N) is 2. The van der Waals surface area contributed by atoms with Gasteiger partial charge in [0.25, 0.3) is 0 Å². The summed E-state index contributed by atoms with van der Waals surface area (Å²) in [6.07, 6.45) is 2.40. The number of ether oxygens (including phenoxy) is 1. The van der Waals surface area contributed by atoms with Gasteiger partial charge in [0.1, 0.15) is 11.4 Å². The third-order valence-corrected chi connectivity index (χ3v) is 3.96. The number of carboxylic acids is 1. The van der Waals surface area contributed by atoms with E-state index in [1.54, 1.807) is 0 Å². The van der Waals surface area contributed by atoms with Crippen molar-refractivity contribution >= 4 is 11.6 Å². The van der Waals surface area contributed by atoms with Crippen molar-refractivity contribution in [2.75, 3.05) is 6.61 Å². The van der Waals surface area contributed by atoms with E-state index in [0.717, 1.165) is 33.9 Å². The Hall–Kier alpha value is -2.82. The first-order valence-electron chi connectivity index (χ1n) is 8.02. The minimum Gasteiger partial charge on any atom is -0.493 e. The van der Waals surface area contributed by atoms with E-state index in [1.807, 2.05) is 60.8 Å². The predicted molar refractivity (Wildman–Crippen MR) is 92.5 cm³/mol. The molecule has 0 bridgehead atoms. The minimum atomic E-state index is -0.818. The fourth-order valence-electron chi connectivity index (χ4n) is 2.88. The average molecular weight is 324 g/mol. The van der Waals surface area contributed by atoms with Crippen LogP contribution >= 0.6 is 0 Å². The quantitative estimate of drug-likeness (QED) is 0.750. The minimum absolute atomic E-state index is 0.0610. The van der Waals surface area contributed by atoms with Crippen molar-refractivity contribution in [1.82, 2.24) is 9.38 Å². The van der Waals surface area contributed by atoms with E-state index < -0.39 is 5.97 Å². The lowest BCUT2D eigenvalue weighted by Crippen LogP contribution is -2.02. The number of rotatable bonds is 6. The molecule has 0 radical (unpaired) electrons. The Labute approximate surface area is 140 Å². The molecular weight excluding hydrogens is 304 g/mol. The van der Waals surface area contributed by atoms with Gasteiger partial charge in [0.05, 0.1) is 24.4 Å². The maximum absolute atomic E-state index is 11.1. The standard InChI is InChI=1S/C19H20N2O3/c1-3-24-16-9-5-4-8-14(16)18-15(10-11-17(22)23)21-12-6-7-13(2)19(21)20-18/h4-9,12H,3,10-11H2,1-2H3,(H,22,23). The molecule has 1 N–H and O–H groups in total. The Balaban J connectivity index is 2.21. The van der Waals surface area contributed by atoms with Crippen LogP contribution in [-0.4, -0.2) is 27.1 Å². The number of hydrogen-bond donors (Lipinski definition) is 1. The van der Waals surface area contributed by atoms with E-state index in [0.29, 0.717) is 13.0 Å². The number of para-hydroxylation sites is 1. The number of hydrogen-bond acceptors (Lipinski definition) is 3. The summed E-state index contributed by atoms with van der Waals surface area (Å²) in [6.45, 7) is 4.51. The smallest absolute Gasteiger partial charge is 0.303 e. The van der Waals surface area contributed by atoms with Crippen LogP contribution in [0.5, 0.6) is 5.75 Å². The van der Waals surface area contributed by atoms with Crippen LogP contribution in [0.3, 0.4) is 0 Å². The van der Waals surface area contributed by atoms with Crippen molar-refractivity contribution in [1.29, 1.82) is 0 Å². The van der Waals surface area contributed by atoms with Gasteiger partial charge in [-0.15, -0.1) is 0 Å². The number of pyridine rings is 1. The Kier molecular flexibility index (Phi) is 4.51. The highest BCUT2D eigenvalue weighted by Gasteiger charge is 2.18. The topological polar surface area (TPSA) is 63.8 Å². The molecule has 0 aliphatic heterocycles. The highest BCUT2D eigenvalue weighted by Crippen LogP contribution is 2.33. The zero-order valence-electron chi connectivity index (χ0n) is 13.8. The zero-order chi connectivity index (χ0) is 17.1. The molecule has 0 saturated carbocycles. The van der Waals surface area contributed by atoms with Crippen LogP contribution in [-0.2, 0) is 11.2 Å². The van der Waals surface area contributed by atoms with Crippen LogP contribution in [0, 0.1) is 6.92 Å². The van der Waals surface area contributed by atoms with E-state index in [2.05, 4.69) is 0 Å². The van der Waals surface area contributed by atoms with Gasteiger partial charge in [-0.25, -0.2) is 4.98 Å². The van der Waals surface area contributed by atoms with E-state index in [-0.39, 0.29) is 6.42 Å². The molecule has 1 aromatic carbocycles. The van der Waals surface area contributed by atoms with Crippen molar-refractivity contribution in [3.8, 4) is 17.0 Å². The summed E-state index contributed by atoms with van der Waals surface area (Å²) in [6, 6.07) is 11.7. The van der Waals surface area contributed by atoms with Gasteiger partial charge in [-0.2, -0.15) is 0 Å². The maximum atomic E-state index is 11.1. The second-order valence-corrected chi connectivity index (χ2v) is 5.61. The Bertz CT molecular complexity index is 883. The van der Waals surface area contributed by atoms with E-state index in [4.69, 9.17) is 14.8 Å². The zero-order valence-corrected chi connectivity index (χ0v) is 13.8. The molecule has 24 heavy (non-hydrogen) atoms. The molecular formula is C19H20N2O3. The van der Waals surface area contributed by atoms with Crippen molar-refractivity contribution < 1.29 is 14.6 Å². The van der Waals surface area contributed by atoms with Crippen molar-refractivity contribution in [3.63, 3.8) is 0 Å². The van der Waals surface area contributed by atoms with Gasteiger partial charge in [0, 0.05) is 18.2 Å². The molecule has 0 spiro atoms. The third-order valence-electron chi connectivity index (χ3n) is 3.96. The number of benzene rings is 1. The molecule has 0 amide bonds. The lowest BCUT2D eigenvalue weighted by atomic mass is 10.1. The van der Waals surface area contributed by atoms with Crippen LogP contribution in [0.25, 0.3) is 16.9 Å². The summed E-state index contributed by atoms with van der Waals surface area (Å²) in [7, 11) is 0. The molecule has 2 heterocycles. The van der Waals surface area contributed by atoms with E-state index in [9.17, 15) is 4.79 Å².